The second-order valence-corrected chi connectivity index (χ2v) is 8.04. The molecule has 1 amide bonds. The van der Waals surface area contributed by atoms with E-state index >= 15 is 0 Å². The van der Waals surface area contributed by atoms with Crippen molar-refractivity contribution in [2.24, 2.45) is 5.41 Å². The van der Waals surface area contributed by atoms with E-state index in [2.05, 4.69) is 22.0 Å². The number of aliphatic carboxylic acids is 1. The van der Waals surface area contributed by atoms with Crippen molar-refractivity contribution in [3.05, 3.63) is 20.8 Å². The van der Waals surface area contributed by atoms with Gasteiger partial charge in [-0.05, 0) is 54.2 Å². The van der Waals surface area contributed by atoms with E-state index in [9.17, 15) is 9.59 Å². The number of aryl methyl sites for hydroxylation is 1. The molecule has 0 radical (unpaired) electrons. The molecule has 1 aliphatic rings. The molecular formula is C14H18BrNO3S. The van der Waals surface area contributed by atoms with Crippen LogP contribution in [-0.2, 0) is 16.0 Å². The van der Waals surface area contributed by atoms with E-state index in [-0.39, 0.29) is 5.91 Å². The van der Waals surface area contributed by atoms with Crippen LogP contribution in [-0.4, -0.2) is 35.0 Å². The summed E-state index contributed by atoms with van der Waals surface area (Å²) in [6.45, 7) is 2.61. The van der Waals surface area contributed by atoms with Gasteiger partial charge in [0.25, 0.3) is 0 Å². The summed E-state index contributed by atoms with van der Waals surface area (Å²) in [4.78, 5) is 26.2. The smallest absolute Gasteiger partial charge is 0.311 e. The zero-order valence-electron chi connectivity index (χ0n) is 11.4. The Labute approximate surface area is 130 Å². The molecule has 0 aliphatic carbocycles. The fourth-order valence-corrected chi connectivity index (χ4v) is 3.93. The summed E-state index contributed by atoms with van der Waals surface area (Å²) in [7, 11) is 0. The Kier molecular flexibility index (Phi) is 4.86. The zero-order chi connectivity index (χ0) is 14.8. The van der Waals surface area contributed by atoms with Gasteiger partial charge in [-0.3, -0.25) is 9.59 Å². The largest absolute Gasteiger partial charge is 0.481 e. The Morgan fingerprint density at radius 1 is 1.50 bits per heavy atom. The summed E-state index contributed by atoms with van der Waals surface area (Å²) >= 11 is 5.11. The van der Waals surface area contributed by atoms with Crippen molar-refractivity contribution in [1.29, 1.82) is 0 Å². The van der Waals surface area contributed by atoms with Gasteiger partial charge in [0.15, 0.2) is 0 Å². The maximum atomic E-state index is 12.1. The van der Waals surface area contributed by atoms with Gasteiger partial charge in [-0.25, -0.2) is 0 Å². The first-order chi connectivity index (χ1) is 9.40. The molecule has 1 atom stereocenters. The number of nitrogens with zero attached hydrogens (tertiary/aromatic N) is 1. The van der Waals surface area contributed by atoms with Crippen LogP contribution < -0.4 is 0 Å². The summed E-state index contributed by atoms with van der Waals surface area (Å²) in [5.41, 5.74) is -0.770. The molecule has 1 saturated heterocycles. The maximum absolute atomic E-state index is 12.1. The van der Waals surface area contributed by atoms with Gasteiger partial charge in [-0.2, -0.15) is 0 Å². The molecule has 0 saturated carbocycles. The summed E-state index contributed by atoms with van der Waals surface area (Å²) in [5, 5.41) is 9.16. The van der Waals surface area contributed by atoms with Crippen LogP contribution >= 0.6 is 27.3 Å². The monoisotopic (exact) mass is 359 g/mol. The van der Waals surface area contributed by atoms with Crippen molar-refractivity contribution in [3.8, 4) is 0 Å². The van der Waals surface area contributed by atoms with E-state index in [4.69, 9.17) is 5.11 Å². The molecule has 20 heavy (non-hydrogen) atoms. The quantitative estimate of drug-likeness (QED) is 0.878. The number of carbonyl (C=O) groups is 2. The van der Waals surface area contributed by atoms with Crippen molar-refractivity contribution in [2.75, 3.05) is 13.1 Å². The van der Waals surface area contributed by atoms with Crippen molar-refractivity contribution < 1.29 is 14.7 Å². The number of carboxylic acids is 1. The predicted octanol–water partition coefficient (Wildman–Crippen LogP) is 3.16. The summed E-state index contributed by atoms with van der Waals surface area (Å²) < 4.78 is 1.11. The Balaban J connectivity index is 1.77. The molecular weight excluding hydrogens is 342 g/mol. The lowest BCUT2D eigenvalue weighted by Gasteiger charge is -2.20. The van der Waals surface area contributed by atoms with Crippen LogP contribution in [0.3, 0.4) is 0 Å². The molecule has 0 aromatic carbocycles. The van der Waals surface area contributed by atoms with Gasteiger partial charge in [0, 0.05) is 24.4 Å². The van der Waals surface area contributed by atoms with Gasteiger partial charge in [0.05, 0.1) is 9.20 Å². The summed E-state index contributed by atoms with van der Waals surface area (Å²) in [5.74, 6) is -0.734. The molecule has 1 N–H and O–H groups in total. The van der Waals surface area contributed by atoms with Crippen molar-refractivity contribution in [3.63, 3.8) is 0 Å². The highest BCUT2D eigenvalue weighted by Crippen LogP contribution is 2.30. The highest BCUT2D eigenvalue weighted by molar-refractivity contribution is 9.11. The van der Waals surface area contributed by atoms with E-state index in [0.29, 0.717) is 25.9 Å². The van der Waals surface area contributed by atoms with Crippen LogP contribution in [0.5, 0.6) is 0 Å². The molecule has 1 fully saturated rings. The van der Waals surface area contributed by atoms with Crippen LogP contribution in [0.4, 0.5) is 0 Å². The van der Waals surface area contributed by atoms with Crippen LogP contribution in [0.25, 0.3) is 0 Å². The van der Waals surface area contributed by atoms with Crippen LogP contribution in [0.1, 0.15) is 31.1 Å². The third kappa shape index (κ3) is 3.61. The average Bonchev–Trinajstić information content (AvgIpc) is 2.97. The Morgan fingerprint density at radius 2 is 2.25 bits per heavy atom. The van der Waals surface area contributed by atoms with E-state index in [0.717, 1.165) is 16.6 Å². The van der Waals surface area contributed by atoms with Crippen LogP contribution in [0, 0.1) is 5.41 Å². The molecule has 1 aromatic heterocycles. The molecule has 6 heteroatoms. The fraction of sp³-hybridized carbons (Fsp3) is 0.571. The van der Waals surface area contributed by atoms with Gasteiger partial charge >= 0.3 is 5.97 Å². The molecule has 4 nitrogen and oxygen atoms in total. The van der Waals surface area contributed by atoms with E-state index in [1.165, 1.54) is 4.88 Å². The molecule has 0 spiro atoms. The molecule has 2 heterocycles. The molecule has 1 aliphatic heterocycles. The fourth-order valence-electron chi connectivity index (χ4n) is 2.41. The Morgan fingerprint density at radius 3 is 2.80 bits per heavy atom. The van der Waals surface area contributed by atoms with Gasteiger partial charge in [-0.15, -0.1) is 11.3 Å². The summed E-state index contributed by atoms with van der Waals surface area (Å²) in [6, 6.07) is 4.08. The first kappa shape index (κ1) is 15.5. The minimum absolute atomic E-state index is 0.0746. The van der Waals surface area contributed by atoms with Gasteiger partial charge in [-0.1, -0.05) is 0 Å². The number of thiophene rings is 1. The third-order valence-corrected chi connectivity index (χ3v) is 5.47. The first-order valence-corrected chi connectivity index (χ1v) is 8.27. The van der Waals surface area contributed by atoms with Crippen LogP contribution in [0.15, 0.2) is 15.9 Å². The molecule has 1 aromatic rings. The lowest BCUT2D eigenvalue weighted by Crippen LogP contribution is -2.34. The number of carbonyl (C=O) groups excluding carboxylic acids is 1. The third-order valence-electron chi connectivity index (χ3n) is 3.79. The van der Waals surface area contributed by atoms with E-state index in [1.807, 2.05) is 6.07 Å². The number of hydrogen-bond donors (Lipinski definition) is 1. The predicted molar refractivity (Wildman–Crippen MR) is 81.9 cm³/mol. The SMILES string of the molecule is CC1(C(=O)O)CCN(C(=O)CCCc2ccc(Br)s2)C1. The minimum atomic E-state index is -0.809. The molecule has 110 valence electrons. The topological polar surface area (TPSA) is 57.6 Å². The number of likely N-dealkylation sites (tertiary alicyclic amines) is 1. The number of rotatable bonds is 5. The van der Waals surface area contributed by atoms with Crippen LogP contribution in [0.2, 0.25) is 0 Å². The van der Waals surface area contributed by atoms with Gasteiger partial charge in [0.2, 0.25) is 5.91 Å². The number of carboxylic acid groups (broad SMARTS) is 1. The maximum Gasteiger partial charge on any atom is 0.311 e. The number of hydrogen-bond acceptors (Lipinski definition) is 3. The second kappa shape index (κ2) is 6.26. The highest BCUT2D eigenvalue weighted by Gasteiger charge is 2.41. The highest BCUT2D eigenvalue weighted by atomic mass is 79.9. The molecule has 1 unspecified atom stereocenters. The van der Waals surface area contributed by atoms with Crippen molar-refractivity contribution in [1.82, 2.24) is 4.90 Å². The molecule has 0 bridgehead atoms. The standard InChI is InChI=1S/C14H18BrNO3S/c1-14(13(18)19)7-8-16(9-14)12(17)4-2-3-10-5-6-11(15)20-10/h5-6H,2-4,7-9H2,1H3,(H,18,19). The normalized spacial score (nSPS) is 22.2. The van der Waals surface area contributed by atoms with Gasteiger partial charge in [0.1, 0.15) is 0 Å². The molecule has 2 rings (SSSR count). The Bertz CT molecular complexity index is 516. The van der Waals surface area contributed by atoms with E-state index < -0.39 is 11.4 Å². The number of amides is 1. The lowest BCUT2D eigenvalue weighted by atomic mass is 9.90. The lowest BCUT2D eigenvalue weighted by molar-refractivity contribution is -0.147. The van der Waals surface area contributed by atoms with E-state index in [1.54, 1.807) is 23.2 Å². The van der Waals surface area contributed by atoms with Crippen molar-refractivity contribution >= 4 is 39.1 Å². The van der Waals surface area contributed by atoms with Gasteiger partial charge < -0.3 is 10.0 Å². The first-order valence-electron chi connectivity index (χ1n) is 6.66. The second-order valence-electron chi connectivity index (χ2n) is 5.49. The number of halogens is 1. The summed E-state index contributed by atoms with van der Waals surface area (Å²) in [6.07, 6.45) is 2.75. The Hall–Kier alpha value is -0.880. The average molecular weight is 360 g/mol. The minimum Gasteiger partial charge on any atom is -0.481 e. The zero-order valence-corrected chi connectivity index (χ0v) is 13.8. The van der Waals surface area contributed by atoms with Crippen molar-refractivity contribution in [2.45, 2.75) is 32.6 Å².